The van der Waals surface area contributed by atoms with Crippen LogP contribution in [0.15, 0.2) is 29.2 Å². The molecule has 1 aliphatic heterocycles. The second-order valence-corrected chi connectivity index (χ2v) is 6.75. The van der Waals surface area contributed by atoms with E-state index >= 15 is 0 Å². The standard InChI is InChI=1S/C18H22ClN3O3/c1-12-3-4-15(24-2)13(9-12)18(5-7-25-8-6-18)11-20-14-10-21-22-17(23)16(14)19/h3-4,9-10H,5-8,11H2,1-2H3,(H2,20,22,23). The van der Waals surface area contributed by atoms with Crippen molar-refractivity contribution in [3.63, 3.8) is 0 Å². The van der Waals surface area contributed by atoms with Crippen LogP contribution in [-0.4, -0.2) is 37.1 Å². The summed E-state index contributed by atoms with van der Waals surface area (Å²) in [5, 5.41) is 9.57. The first kappa shape index (κ1) is 17.8. The fourth-order valence-electron chi connectivity index (χ4n) is 3.31. The molecule has 0 amide bonds. The summed E-state index contributed by atoms with van der Waals surface area (Å²) in [5.41, 5.74) is 2.29. The zero-order chi connectivity index (χ0) is 17.9. The number of aromatic amines is 1. The van der Waals surface area contributed by atoms with Crippen LogP contribution in [0, 0.1) is 6.92 Å². The lowest BCUT2D eigenvalue weighted by molar-refractivity contribution is 0.0535. The maximum atomic E-state index is 11.7. The van der Waals surface area contributed by atoms with Gasteiger partial charge in [0, 0.05) is 30.7 Å². The predicted octanol–water partition coefficient (Wildman–Crippen LogP) is 2.90. The van der Waals surface area contributed by atoms with Gasteiger partial charge >= 0.3 is 0 Å². The third kappa shape index (κ3) is 3.65. The fraction of sp³-hybridized carbons (Fsp3) is 0.444. The van der Waals surface area contributed by atoms with Gasteiger partial charge in [0.15, 0.2) is 0 Å². The molecule has 1 aromatic heterocycles. The van der Waals surface area contributed by atoms with Gasteiger partial charge in [-0.2, -0.15) is 5.10 Å². The lowest BCUT2D eigenvalue weighted by atomic mass is 9.73. The van der Waals surface area contributed by atoms with Crippen molar-refractivity contribution in [1.29, 1.82) is 0 Å². The van der Waals surface area contributed by atoms with Crippen LogP contribution in [0.4, 0.5) is 5.69 Å². The molecule has 0 radical (unpaired) electrons. The first-order chi connectivity index (χ1) is 12.1. The van der Waals surface area contributed by atoms with Crippen LogP contribution in [0.5, 0.6) is 5.75 Å². The summed E-state index contributed by atoms with van der Waals surface area (Å²) < 4.78 is 11.2. The quantitative estimate of drug-likeness (QED) is 0.854. The molecule has 0 aliphatic carbocycles. The molecule has 6 nitrogen and oxygen atoms in total. The van der Waals surface area contributed by atoms with Crippen molar-refractivity contribution >= 4 is 17.3 Å². The molecule has 3 rings (SSSR count). The van der Waals surface area contributed by atoms with Crippen LogP contribution in [0.3, 0.4) is 0 Å². The van der Waals surface area contributed by atoms with Crippen LogP contribution in [0.25, 0.3) is 0 Å². The number of H-pyrrole nitrogens is 1. The van der Waals surface area contributed by atoms with Gasteiger partial charge in [-0.3, -0.25) is 4.79 Å². The number of halogens is 1. The van der Waals surface area contributed by atoms with Crippen molar-refractivity contribution in [2.75, 3.05) is 32.2 Å². The molecule has 1 aromatic carbocycles. The van der Waals surface area contributed by atoms with E-state index < -0.39 is 5.56 Å². The van der Waals surface area contributed by atoms with Crippen LogP contribution >= 0.6 is 11.6 Å². The van der Waals surface area contributed by atoms with Gasteiger partial charge in [0.05, 0.1) is 19.0 Å². The van der Waals surface area contributed by atoms with Crippen molar-refractivity contribution in [1.82, 2.24) is 10.2 Å². The summed E-state index contributed by atoms with van der Waals surface area (Å²) >= 11 is 6.09. The Balaban J connectivity index is 1.95. The minimum absolute atomic E-state index is 0.119. The topological polar surface area (TPSA) is 76.2 Å². The second-order valence-electron chi connectivity index (χ2n) is 6.38. The minimum atomic E-state index is -0.402. The molecule has 1 fully saturated rings. The van der Waals surface area contributed by atoms with Gasteiger partial charge in [0.1, 0.15) is 10.8 Å². The Kier molecular flexibility index (Phi) is 5.30. The Bertz CT molecular complexity index is 800. The number of hydrogen-bond donors (Lipinski definition) is 2. The predicted molar refractivity (Wildman–Crippen MR) is 97.8 cm³/mol. The average Bonchev–Trinajstić information content (AvgIpc) is 2.64. The second kappa shape index (κ2) is 7.45. The number of aromatic nitrogens is 2. The van der Waals surface area contributed by atoms with Crippen LogP contribution < -0.4 is 15.6 Å². The fourth-order valence-corrected chi connectivity index (χ4v) is 3.47. The first-order valence-corrected chi connectivity index (χ1v) is 8.63. The van der Waals surface area contributed by atoms with Crippen LogP contribution in [0.1, 0.15) is 24.0 Å². The van der Waals surface area contributed by atoms with Crippen molar-refractivity contribution in [3.05, 3.63) is 50.9 Å². The number of ether oxygens (including phenoxy) is 2. The molecule has 134 valence electrons. The normalized spacial score (nSPS) is 16.4. The van der Waals surface area contributed by atoms with Gasteiger partial charge in [-0.15, -0.1) is 0 Å². The molecule has 7 heteroatoms. The van der Waals surface area contributed by atoms with E-state index in [2.05, 4.69) is 28.5 Å². The number of methoxy groups -OCH3 is 1. The third-order valence-electron chi connectivity index (χ3n) is 4.79. The van der Waals surface area contributed by atoms with Gasteiger partial charge in [0.25, 0.3) is 5.56 Å². The number of hydrogen-bond acceptors (Lipinski definition) is 5. The molecule has 0 bridgehead atoms. The van der Waals surface area contributed by atoms with Crippen molar-refractivity contribution in [2.24, 2.45) is 0 Å². The van der Waals surface area contributed by atoms with E-state index in [1.54, 1.807) is 7.11 Å². The lowest BCUT2D eigenvalue weighted by Gasteiger charge is -2.39. The van der Waals surface area contributed by atoms with Gasteiger partial charge < -0.3 is 14.8 Å². The highest BCUT2D eigenvalue weighted by molar-refractivity contribution is 6.32. The number of rotatable bonds is 5. The molecule has 0 atom stereocenters. The molecular formula is C18H22ClN3O3. The average molecular weight is 364 g/mol. The number of nitrogens with one attached hydrogen (secondary N) is 2. The van der Waals surface area contributed by atoms with Crippen LogP contribution in [-0.2, 0) is 10.2 Å². The highest BCUT2D eigenvalue weighted by Crippen LogP contribution is 2.40. The summed E-state index contributed by atoms with van der Waals surface area (Å²) in [5.74, 6) is 0.865. The first-order valence-electron chi connectivity index (χ1n) is 8.26. The molecule has 0 unspecified atom stereocenters. The summed E-state index contributed by atoms with van der Waals surface area (Å²) in [7, 11) is 1.69. The van der Waals surface area contributed by atoms with Gasteiger partial charge in [0.2, 0.25) is 0 Å². The summed E-state index contributed by atoms with van der Waals surface area (Å²) in [6, 6.07) is 6.22. The molecule has 1 saturated heterocycles. The molecule has 2 aromatic rings. The molecule has 2 N–H and O–H groups in total. The minimum Gasteiger partial charge on any atom is -0.496 e. The van der Waals surface area contributed by atoms with Gasteiger partial charge in [-0.25, -0.2) is 5.10 Å². The number of nitrogens with zero attached hydrogens (tertiary/aromatic N) is 1. The SMILES string of the molecule is COc1ccc(C)cc1C1(CNc2cn[nH]c(=O)c2Cl)CCOCC1. The van der Waals surface area contributed by atoms with E-state index in [1.165, 1.54) is 11.8 Å². The van der Waals surface area contributed by atoms with E-state index in [0.29, 0.717) is 25.4 Å². The van der Waals surface area contributed by atoms with Crippen molar-refractivity contribution in [3.8, 4) is 5.75 Å². The van der Waals surface area contributed by atoms with Crippen molar-refractivity contribution in [2.45, 2.75) is 25.2 Å². The highest BCUT2D eigenvalue weighted by Gasteiger charge is 2.37. The smallest absolute Gasteiger partial charge is 0.285 e. The van der Waals surface area contributed by atoms with E-state index in [4.69, 9.17) is 21.1 Å². The zero-order valence-corrected chi connectivity index (χ0v) is 15.2. The Morgan fingerprint density at radius 3 is 2.88 bits per heavy atom. The number of benzene rings is 1. The van der Waals surface area contributed by atoms with Gasteiger partial charge in [-0.1, -0.05) is 29.3 Å². The van der Waals surface area contributed by atoms with E-state index in [1.807, 2.05) is 12.1 Å². The zero-order valence-electron chi connectivity index (χ0n) is 14.4. The maximum Gasteiger partial charge on any atom is 0.285 e. The molecule has 25 heavy (non-hydrogen) atoms. The molecule has 0 saturated carbocycles. The number of anilines is 1. The number of aryl methyl sites for hydroxylation is 1. The Morgan fingerprint density at radius 2 is 2.16 bits per heavy atom. The molecule has 2 heterocycles. The monoisotopic (exact) mass is 363 g/mol. The summed E-state index contributed by atoms with van der Waals surface area (Å²) in [4.78, 5) is 11.7. The van der Waals surface area contributed by atoms with E-state index in [9.17, 15) is 4.79 Å². The largest absolute Gasteiger partial charge is 0.496 e. The molecule has 0 spiro atoms. The Hall–Kier alpha value is -2.05. The van der Waals surface area contributed by atoms with Crippen LogP contribution in [0.2, 0.25) is 5.02 Å². The lowest BCUT2D eigenvalue weighted by Crippen LogP contribution is -2.40. The molecule has 1 aliphatic rings. The van der Waals surface area contributed by atoms with Crippen molar-refractivity contribution < 1.29 is 9.47 Å². The third-order valence-corrected chi connectivity index (χ3v) is 5.16. The summed E-state index contributed by atoms with van der Waals surface area (Å²) in [6.07, 6.45) is 3.24. The maximum absolute atomic E-state index is 11.7. The highest BCUT2D eigenvalue weighted by atomic mass is 35.5. The van der Waals surface area contributed by atoms with Gasteiger partial charge in [-0.05, 0) is 25.8 Å². The summed E-state index contributed by atoms with van der Waals surface area (Å²) in [6.45, 7) is 4.04. The molecular weight excluding hydrogens is 342 g/mol. The Labute approximate surface area is 151 Å². The van der Waals surface area contributed by atoms with E-state index in [0.717, 1.165) is 24.2 Å². The Morgan fingerprint density at radius 1 is 1.40 bits per heavy atom. The van der Waals surface area contributed by atoms with E-state index in [-0.39, 0.29) is 10.4 Å².